The van der Waals surface area contributed by atoms with Crippen LogP contribution in [0.3, 0.4) is 0 Å². The van der Waals surface area contributed by atoms with Crippen molar-refractivity contribution in [2.75, 3.05) is 18.4 Å². The van der Waals surface area contributed by atoms with Gasteiger partial charge in [0.2, 0.25) is 35.5 Å². The van der Waals surface area contributed by atoms with Crippen LogP contribution in [0.5, 0.6) is 0 Å². The van der Waals surface area contributed by atoms with Crippen molar-refractivity contribution < 1.29 is 24.0 Å². The Labute approximate surface area is 251 Å². The minimum atomic E-state index is -1.44. The van der Waals surface area contributed by atoms with E-state index in [1.807, 2.05) is 0 Å². The Kier molecular flexibility index (Phi) is 12.0. The molecule has 1 aliphatic rings. The number of nitrogens with zero attached hydrogens (tertiary/aromatic N) is 2. The molecule has 0 spiro atoms. The van der Waals surface area contributed by atoms with E-state index in [9.17, 15) is 24.0 Å². The van der Waals surface area contributed by atoms with Gasteiger partial charge in [-0.05, 0) is 44.2 Å². The first-order chi connectivity index (χ1) is 20.5. The summed E-state index contributed by atoms with van der Waals surface area (Å²) in [7, 11) is 0. The summed E-state index contributed by atoms with van der Waals surface area (Å²) in [5.41, 5.74) is -0.883. The quantitative estimate of drug-likeness (QED) is 0.232. The molecule has 4 atom stereocenters. The first-order valence-electron chi connectivity index (χ1n) is 14.6. The molecule has 43 heavy (non-hydrogen) atoms. The number of nitrogens with one attached hydrogen (secondary N) is 6. The van der Waals surface area contributed by atoms with Gasteiger partial charge in [0, 0.05) is 31.4 Å². The summed E-state index contributed by atoms with van der Waals surface area (Å²) in [4.78, 5) is 74.8. The van der Waals surface area contributed by atoms with Crippen LogP contribution in [0.1, 0.15) is 65.0 Å². The molecule has 13 nitrogen and oxygen atoms in total. The minimum absolute atomic E-state index is 0.0232. The Morgan fingerprint density at radius 2 is 1.63 bits per heavy atom. The number of aromatic nitrogens is 2. The van der Waals surface area contributed by atoms with Crippen molar-refractivity contribution in [1.82, 2.24) is 36.6 Å². The van der Waals surface area contributed by atoms with E-state index in [0.29, 0.717) is 24.5 Å². The third-order valence-corrected chi connectivity index (χ3v) is 7.21. The monoisotopic (exact) mass is 594 g/mol. The Morgan fingerprint density at radius 3 is 2.28 bits per heavy atom. The third kappa shape index (κ3) is 9.48. The number of carbonyl (C=O) groups is 5. The number of carbonyl (C=O) groups excluding carboxylic acids is 5. The maximum atomic E-state index is 13.7. The van der Waals surface area contributed by atoms with Crippen LogP contribution in [0.2, 0.25) is 0 Å². The Morgan fingerprint density at radius 1 is 0.953 bits per heavy atom. The van der Waals surface area contributed by atoms with Crippen LogP contribution in [0.25, 0.3) is 0 Å². The maximum Gasteiger partial charge on any atom is 0.247 e. The summed E-state index contributed by atoms with van der Waals surface area (Å²) in [5.74, 6) is -2.46. The molecule has 13 heteroatoms. The third-order valence-electron chi connectivity index (χ3n) is 7.21. The summed E-state index contributed by atoms with van der Waals surface area (Å²) in [6.45, 7) is 7.16. The van der Waals surface area contributed by atoms with Gasteiger partial charge in [0.05, 0.1) is 0 Å². The molecule has 2 heterocycles. The van der Waals surface area contributed by atoms with Crippen molar-refractivity contribution in [3.63, 3.8) is 0 Å². The summed E-state index contributed by atoms with van der Waals surface area (Å²) >= 11 is 0. The molecule has 0 aliphatic carbocycles. The van der Waals surface area contributed by atoms with Crippen molar-refractivity contribution in [1.29, 1.82) is 0 Å². The molecule has 1 fully saturated rings. The van der Waals surface area contributed by atoms with Gasteiger partial charge >= 0.3 is 0 Å². The van der Waals surface area contributed by atoms with Gasteiger partial charge < -0.3 is 31.9 Å². The number of hydrogen-bond acceptors (Lipinski definition) is 8. The standard InChI is InChI=1S/C30H42N8O5/c1-5-21-25(40)37-23(20-11-7-6-8-12-20)27(42)31-18-14-30(4,38-24(39)19(2)3)28(43)36-22(26(41)35-21)13-9-15-32-29-33-16-10-17-34-29/h6-8,10-12,16-17,19,21-23H,5,9,13-15,18H2,1-4H3,(H,31,42)(H,35,41)(H,36,43)(H,37,40)(H,38,39)(H,32,33,34)/t21-,22?,23+,30+/m0/s1. The summed E-state index contributed by atoms with van der Waals surface area (Å²) < 4.78 is 0. The van der Waals surface area contributed by atoms with Crippen LogP contribution >= 0.6 is 0 Å². The highest BCUT2D eigenvalue weighted by Gasteiger charge is 2.38. The second-order valence-corrected chi connectivity index (χ2v) is 11.0. The predicted octanol–water partition coefficient (Wildman–Crippen LogP) is 0.957. The van der Waals surface area contributed by atoms with E-state index < -0.39 is 53.2 Å². The molecule has 1 aromatic carbocycles. The van der Waals surface area contributed by atoms with Gasteiger partial charge in [-0.25, -0.2) is 9.97 Å². The molecule has 0 bridgehead atoms. The first-order valence-corrected chi connectivity index (χ1v) is 14.6. The van der Waals surface area contributed by atoms with Gasteiger partial charge in [0.25, 0.3) is 0 Å². The van der Waals surface area contributed by atoms with Gasteiger partial charge in [-0.15, -0.1) is 0 Å². The fraction of sp³-hybridized carbons (Fsp3) is 0.500. The maximum absolute atomic E-state index is 13.7. The highest BCUT2D eigenvalue weighted by Crippen LogP contribution is 2.17. The summed E-state index contributed by atoms with van der Waals surface area (Å²) in [6, 6.07) is 7.44. The van der Waals surface area contributed by atoms with Crippen LogP contribution in [-0.4, -0.2) is 70.2 Å². The Balaban J connectivity index is 1.89. The molecule has 2 aromatic rings. The molecule has 1 unspecified atom stereocenters. The van der Waals surface area contributed by atoms with Gasteiger partial charge in [-0.1, -0.05) is 51.1 Å². The molecule has 1 aromatic heterocycles. The normalized spacial score (nSPS) is 23.7. The van der Waals surface area contributed by atoms with Crippen molar-refractivity contribution in [2.45, 2.75) is 77.0 Å². The van der Waals surface area contributed by atoms with E-state index in [2.05, 4.69) is 41.9 Å². The zero-order chi connectivity index (χ0) is 31.4. The van der Waals surface area contributed by atoms with E-state index >= 15 is 0 Å². The molecule has 1 saturated heterocycles. The number of rotatable bonds is 9. The van der Waals surface area contributed by atoms with Gasteiger partial charge in [0.15, 0.2) is 0 Å². The van der Waals surface area contributed by atoms with Crippen molar-refractivity contribution in [3.05, 3.63) is 54.4 Å². The molecule has 232 valence electrons. The molecule has 6 N–H and O–H groups in total. The lowest BCUT2D eigenvalue weighted by atomic mass is 9.94. The number of hydrogen-bond donors (Lipinski definition) is 6. The Hall–Kier alpha value is -4.55. The molecule has 0 saturated carbocycles. The zero-order valence-electron chi connectivity index (χ0n) is 25.1. The fourth-order valence-electron chi connectivity index (χ4n) is 4.48. The van der Waals surface area contributed by atoms with Crippen LogP contribution in [-0.2, 0) is 24.0 Å². The topological polar surface area (TPSA) is 183 Å². The van der Waals surface area contributed by atoms with E-state index in [1.54, 1.807) is 76.5 Å². The summed E-state index contributed by atoms with van der Waals surface area (Å²) in [6.07, 6.45) is 4.18. The van der Waals surface area contributed by atoms with Gasteiger partial charge in [-0.2, -0.15) is 0 Å². The molecule has 1 aliphatic heterocycles. The van der Waals surface area contributed by atoms with Crippen LogP contribution in [0.4, 0.5) is 5.95 Å². The highest BCUT2D eigenvalue weighted by atomic mass is 16.2. The lowest BCUT2D eigenvalue weighted by molar-refractivity contribution is -0.138. The fourth-order valence-corrected chi connectivity index (χ4v) is 4.48. The number of amides is 5. The molecule has 0 radical (unpaired) electrons. The lowest BCUT2D eigenvalue weighted by Gasteiger charge is -2.33. The van der Waals surface area contributed by atoms with Crippen LogP contribution in [0.15, 0.2) is 48.8 Å². The Bertz CT molecular complexity index is 1260. The zero-order valence-corrected chi connectivity index (χ0v) is 25.1. The smallest absolute Gasteiger partial charge is 0.247 e. The average molecular weight is 595 g/mol. The summed E-state index contributed by atoms with van der Waals surface area (Å²) in [5, 5.41) is 17.0. The molecule has 3 rings (SSSR count). The van der Waals surface area contributed by atoms with Crippen molar-refractivity contribution >= 4 is 35.5 Å². The highest BCUT2D eigenvalue weighted by molar-refractivity contribution is 5.97. The SMILES string of the molecule is CC[C@@H]1NC(=O)C(CCCNc2ncccn2)NC(=O)[C@](C)(NC(=O)C(C)C)CCNC(=O)[C@@H](c2ccccc2)NC1=O. The van der Waals surface area contributed by atoms with E-state index in [4.69, 9.17) is 0 Å². The molecular formula is C30H42N8O5. The average Bonchev–Trinajstić information content (AvgIpc) is 3.00. The second kappa shape index (κ2) is 15.6. The largest absolute Gasteiger partial charge is 0.354 e. The molecular weight excluding hydrogens is 552 g/mol. The molecule has 5 amide bonds. The first kappa shape index (κ1) is 33.0. The second-order valence-electron chi connectivity index (χ2n) is 11.0. The lowest BCUT2D eigenvalue weighted by Crippen LogP contribution is -2.63. The van der Waals surface area contributed by atoms with Crippen molar-refractivity contribution in [3.8, 4) is 0 Å². The van der Waals surface area contributed by atoms with E-state index in [0.717, 1.165) is 0 Å². The van der Waals surface area contributed by atoms with Gasteiger partial charge in [0.1, 0.15) is 23.7 Å². The number of anilines is 1. The van der Waals surface area contributed by atoms with E-state index in [-0.39, 0.29) is 31.7 Å². The van der Waals surface area contributed by atoms with Crippen molar-refractivity contribution in [2.24, 2.45) is 5.92 Å². The van der Waals surface area contributed by atoms with Gasteiger partial charge in [-0.3, -0.25) is 24.0 Å². The van der Waals surface area contributed by atoms with E-state index in [1.165, 1.54) is 0 Å². The van der Waals surface area contributed by atoms with Crippen LogP contribution in [0, 0.1) is 5.92 Å². The minimum Gasteiger partial charge on any atom is -0.354 e. The van der Waals surface area contributed by atoms with Crippen LogP contribution < -0.4 is 31.9 Å². The number of benzene rings is 1. The predicted molar refractivity (Wildman–Crippen MR) is 160 cm³/mol.